The zero-order valence-corrected chi connectivity index (χ0v) is 11.0. The molecule has 0 aliphatic heterocycles. The minimum Gasteiger partial charge on any atom is -0.308 e. The first-order valence-electron chi connectivity index (χ1n) is 6.29. The van der Waals surface area contributed by atoms with E-state index in [0.29, 0.717) is 0 Å². The highest BCUT2D eigenvalue weighted by Gasteiger charge is 2.03. The molecule has 2 N–H and O–H groups in total. The average molecular weight is 266 g/mol. The fourth-order valence-electron chi connectivity index (χ4n) is 2.02. The molecule has 0 atom stereocenters. The quantitative estimate of drug-likeness (QED) is 0.747. The van der Waals surface area contributed by atoms with Crippen LogP contribution in [0.5, 0.6) is 0 Å². The second kappa shape index (κ2) is 5.05. The maximum absolute atomic E-state index is 11.9. The lowest BCUT2D eigenvalue weighted by Gasteiger charge is -2.08. The highest BCUT2D eigenvalue weighted by atomic mass is 16.2. The number of hydrogen-bond donors (Lipinski definition) is 2. The van der Waals surface area contributed by atoms with Gasteiger partial charge in [0.1, 0.15) is 0 Å². The Labute approximate surface area is 116 Å². The van der Waals surface area contributed by atoms with E-state index in [4.69, 9.17) is 0 Å². The molecular formula is C15H14N4O. The summed E-state index contributed by atoms with van der Waals surface area (Å²) in [7, 11) is 0. The number of carbonyl (C=O) groups excluding carboxylic acids is 1. The van der Waals surface area contributed by atoms with E-state index < -0.39 is 0 Å². The highest BCUT2D eigenvalue weighted by Crippen LogP contribution is 2.13. The lowest BCUT2D eigenvalue weighted by molar-refractivity contribution is 0.262. The number of nitrogens with one attached hydrogen (secondary N) is 2. The van der Waals surface area contributed by atoms with Crippen LogP contribution < -0.4 is 10.6 Å². The summed E-state index contributed by atoms with van der Waals surface area (Å²) in [4.78, 5) is 11.9. The van der Waals surface area contributed by atoms with E-state index in [2.05, 4.69) is 15.7 Å². The van der Waals surface area contributed by atoms with Gasteiger partial charge in [-0.1, -0.05) is 12.1 Å². The van der Waals surface area contributed by atoms with Gasteiger partial charge in [-0.3, -0.25) is 0 Å². The topological polar surface area (TPSA) is 58.4 Å². The van der Waals surface area contributed by atoms with Gasteiger partial charge in [0.15, 0.2) is 0 Å². The summed E-state index contributed by atoms with van der Waals surface area (Å²) in [6, 6.07) is 12.9. The van der Waals surface area contributed by atoms with Crippen molar-refractivity contribution in [3.05, 3.63) is 60.4 Å². The number of urea groups is 1. The molecule has 0 spiro atoms. The van der Waals surface area contributed by atoms with E-state index in [1.54, 1.807) is 23.0 Å². The van der Waals surface area contributed by atoms with Crippen LogP contribution in [-0.4, -0.2) is 15.6 Å². The first-order chi connectivity index (χ1) is 9.70. The van der Waals surface area contributed by atoms with E-state index in [1.807, 2.05) is 43.3 Å². The van der Waals surface area contributed by atoms with Crippen molar-refractivity contribution >= 4 is 22.9 Å². The second-order valence-corrected chi connectivity index (χ2v) is 4.56. The van der Waals surface area contributed by atoms with Gasteiger partial charge in [0.2, 0.25) is 0 Å². The molecule has 3 rings (SSSR count). The molecule has 5 nitrogen and oxygen atoms in total. The predicted octanol–water partition coefficient (Wildman–Crippen LogP) is 3.29. The van der Waals surface area contributed by atoms with Gasteiger partial charge in [0, 0.05) is 23.8 Å². The Bertz CT molecular complexity index is 763. The fourth-order valence-corrected chi connectivity index (χ4v) is 2.02. The lowest BCUT2D eigenvalue weighted by Crippen LogP contribution is -2.19. The number of aryl methyl sites for hydroxylation is 1. The van der Waals surface area contributed by atoms with Gasteiger partial charge in [-0.15, -0.1) is 0 Å². The number of aromatic nitrogens is 2. The van der Waals surface area contributed by atoms with Crippen LogP contribution in [0, 0.1) is 6.92 Å². The molecule has 3 aromatic rings. The molecule has 20 heavy (non-hydrogen) atoms. The molecule has 5 heteroatoms. The molecule has 100 valence electrons. The number of benzene rings is 1. The fraction of sp³-hybridized carbons (Fsp3) is 0.0667. The van der Waals surface area contributed by atoms with E-state index >= 15 is 0 Å². The molecule has 0 bridgehead atoms. The highest BCUT2D eigenvalue weighted by molar-refractivity contribution is 6.00. The zero-order valence-electron chi connectivity index (χ0n) is 11.0. The van der Waals surface area contributed by atoms with Crippen LogP contribution >= 0.6 is 0 Å². The van der Waals surface area contributed by atoms with Crippen molar-refractivity contribution in [3.63, 3.8) is 0 Å². The Hall–Kier alpha value is -2.82. The molecule has 0 aliphatic carbocycles. The SMILES string of the molecule is Cc1cccc(NC(=O)Nc2ccn3nccc3c2)c1. The molecule has 2 aromatic heterocycles. The molecular weight excluding hydrogens is 252 g/mol. The number of carbonyl (C=O) groups is 1. The van der Waals surface area contributed by atoms with Gasteiger partial charge >= 0.3 is 6.03 Å². The number of fused-ring (bicyclic) bond motifs is 1. The molecule has 1 aromatic carbocycles. The first kappa shape index (κ1) is 12.2. The van der Waals surface area contributed by atoms with Crippen LogP contribution in [0.4, 0.5) is 16.2 Å². The van der Waals surface area contributed by atoms with Crippen molar-refractivity contribution in [1.82, 2.24) is 9.61 Å². The van der Waals surface area contributed by atoms with E-state index in [9.17, 15) is 4.79 Å². The Balaban J connectivity index is 1.72. The van der Waals surface area contributed by atoms with Gasteiger partial charge in [0.05, 0.1) is 5.52 Å². The Morgan fingerprint density at radius 1 is 1.10 bits per heavy atom. The lowest BCUT2D eigenvalue weighted by atomic mass is 10.2. The van der Waals surface area contributed by atoms with Crippen LogP contribution in [0.1, 0.15) is 5.56 Å². The third-order valence-corrected chi connectivity index (χ3v) is 2.93. The van der Waals surface area contributed by atoms with Crippen molar-refractivity contribution in [3.8, 4) is 0 Å². The van der Waals surface area contributed by atoms with Crippen LogP contribution in [0.3, 0.4) is 0 Å². The van der Waals surface area contributed by atoms with Crippen LogP contribution in [-0.2, 0) is 0 Å². The minimum atomic E-state index is -0.264. The summed E-state index contributed by atoms with van der Waals surface area (Å²) >= 11 is 0. The summed E-state index contributed by atoms with van der Waals surface area (Å²) < 4.78 is 1.74. The third kappa shape index (κ3) is 2.61. The van der Waals surface area contributed by atoms with Crippen molar-refractivity contribution in [2.75, 3.05) is 10.6 Å². The van der Waals surface area contributed by atoms with Crippen molar-refractivity contribution in [2.24, 2.45) is 0 Å². The monoisotopic (exact) mass is 266 g/mol. The average Bonchev–Trinajstić information content (AvgIpc) is 2.86. The number of pyridine rings is 1. The second-order valence-electron chi connectivity index (χ2n) is 4.56. The Morgan fingerprint density at radius 2 is 1.90 bits per heavy atom. The Kier molecular flexibility index (Phi) is 3.09. The number of amides is 2. The summed E-state index contributed by atoms with van der Waals surface area (Å²) in [5.41, 5.74) is 3.53. The minimum absolute atomic E-state index is 0.264. The van der Waals surface area contributed by atoms with Gasteiger partial charge < -0.3 is 10.6 Å². The number of anilines is 2. The van der Waals surface area contributed by atoms with Crippen LogP contribution in [0.25, 0.3) is 5.52 Å². The number of nitrogens with zero attached hydrogens (tertiary/aromatic N) is 2. The van der Waals surface area contributed by atoms with E-state index in [0.717, 1.165) is 22.5 Å². The summed E-state index contributed by atoms with van der Waals surface area (Å²) in [5.74, 6) is 0. The molecule has 0 radical (unpaired) electrons. The van der Waals surface area contributed by atoms with Crippen molar-refractivity contribution in [1.29, 1.82) is 0 Å². The van der Waals surface area contributed by atoms with E-state index in [1.165, 1.54) is 0 Å². The molecule has 0 saturated carbocycles. The number of rotatable bonds is 2. The van der Waals surface area contributed by atoms with Crippen LogP contribution in [0.2, 0.25) is 0 Å². The maximum atomic E-state index is 11.9. The summed E-state index contributed by atoms with van der Waals surface area (Å²) in [6.45, 7) is 1.98. The van der Waals surface area contributed by atoms with Gasteiger partial charge in [-0.2, -0.15) is 5.10 Å². The number of hydrogen-bond acceptors (Lipinski definition) is 2. The van der Waals surface area contributed by atoms with Crippen LogP contribution in [0.15, 0.2) is 54.9 Å². The molecule has 0 aliphatic rings. The Morgan fingerprint density at radius 3 is 2.70 bits per heavy atom. The largest absolute Gasteiger partial charge is 0.323 e. The molecule has 2 heterocycles. The van der Waals surface area contributed by atoms with Gasteiger partial charge in [-0.05, 0) is 42.8 Å². The molecule has 0 fully saturated rings. The molecule has 0 saturated heterocycles. The maximum Gasteiger partial charge on any atom is 0.323 e. The summed E-state index contributed by atoms with van der Waals surface area (Å²) in [5, 5.41) is 9.71. The standard InChI is InChI=1S/C15H14N4O/c1-11-3-2-4-12(9-11)17-15(20)18-13-6-8-19-14(10-13)5-7-16-19/h2-10H,1H3,(H2,17,18,20). The first-order valence-corrected chi connectivity index (χ1v) is 6.29. The smallest absolute Gasteiger partial charge is 0.308 e. The summed E-state index contributed by atoms with van der Waals surface area (Å²) in [6.07, 6.45) is 3.52. The van der Waals surface area contributed by atoms with E-state index in [-0.39, 0.29) is 6.03 Å². The van der Waals surface area contributed by atoms with Crippen molar-refractivity contribution < 1.29 is 4.79 Å². The third-order valence-electron chi connectivity index (χ3n) is 2.93. The van der Waals surface area contributed by atoms with Crippen molar-refractivity contribution in [2.45, 2.75) is 6.92 Å². The molecule has 2 amide bonds. The zero-order chi connectivity index (χ0) is 13.9. The molecule has 0 unspecified atom stereocenters. The van der Waals surface area contributed by atoms with Gasteiger partial charge in [0.25, 0.3) is 0 Å². The predicted molar refractivity (Wildman–Crippen MR) is 79.0 cm³/mol. The normalized spacial score (nSPS) is 10.4. The van der Waals surface area contributed by atoms with Gasteiger partial charge in [-0.25, -0.2) is 9.31 Å².